The van der Waals surface area contributed by atoms with Gasteiger partial charge in [-0.2, -0.15) is 5.26 Å². The van der Waals surface area contributed by atoms with Gasteiger partial charge in [0.15, 0.2) is 0 Å². The first-order valence-corrected chi connectivity index (χ1v) is 5.38. The minimum absolute atomic E-state index is 0.181. The van der Waals surface area contributed by atoms with Crippen LogP contribution in [0.5, 0.6) is 0 Å². The fourth-order valence-corrected chi connectivity index (χ4v) is 1.91. The molecule has 0 saturated heterocycles. The van der Waals surface area contributed by atoms with Gasteiger partial charge in [-0.05, 0) is 25.5 Å². The van der Waals surface area contributed by atoms with Gasteiger partial charge in [-0.15, -0.1) is 11.8 Å². The van der Waals surface area contributed by atoms with E-state index in [0.29, 0.717) is 5.56 Å². The number of thioether (sulfide) groups is 1. The van der Waals surface area contributed by atoms with Gasteiger partial charge >= 0.3 is 0 Å². The van der Waals surface area contributed by atoms with Gasteiger partial charge in [0.05, 0.1) is 5.56 Å². The van der Waals surface area contributed by atoms with Crippen LogP contribution in [0.15, 0.2) is 17.2 Å². The van der Waals surface area contributed by atoms with Crippen LogP contribution in [0, 0.1) is 18.3 Å². The number of hydrogen-bond acceptors (Lipinski definition) is 4. The number of aliphatic hydroxyl groups excluding tert-OH is 1. The van der Waals surface area contributed by atoms with Gasteiger partial charge in [0.1, 0.15) is 11.1 Å². The van der Waals surface area contributed by atoms with E-state index in [9.17, 15) is 0 Å². The molecule has 0 aliphatic heterocycles. The molecule has 0 spiro atoms. The third-order valence-corrected chi connectivity index (χ3v) is 2.74. The van der Waals surface area contributed by atoms with Crippen LogP contribution in [-0.4, -0.2) is 22.5 Å². The van der Waals surface area contributed by atoms with Crippen LogP contribution in [0.3, 0.4) is 0 Å². The summed E-state index contributed by atoms with van der Waals surface area (Å²) in [4.78, 5) is 4.27. The second-order valence-electron chi connectivity index (χ2n) is 2.84. The summed E-state index contributed by atoms with van der Waals surface area (Å²) in [5, 5.41) is 18.2. The first kappa shape index (κ1) is 11.0. The maximum absolute atomic E-state index is 8.81. The Morgan fingerprint density at radius 3 is 3.00 bits per heavy atom. The van der Waals surface area contributed by atoms with Gasteiger partial charge in [0.2, 0.25) is 0 Å². The summed E-state index contributed by atoms with van der Waals surface area (Å²) in [6, 6.07) is 5.71. The predicted octanol–water partition coefficient (Wildman–Crippen LogP) is 1.74. The summed E-state index contributed by atoms with van der Waals surface area (Å²) < 4.78 is 0. The molecular weight excluding hydrogens is 196 g/mol. The van der Waals surface area contributed by atoms with Crippen LogP contribution < -0.4 is 0 Å². The molecule has 74 valence electrons. The third kappa shape index (κ3) is 3.02. The lowest BCUT2D eigenvalue weighted by molar-refractivity contribution is 0.296. The Labute approximate surface area is 87.8 Å². The molecule has 14 heavy (non-hydrogen) atoms. The molecule has 0 bridgehead atoms. The lowest BCUT2D eigenvalue weighted by atomic mass is 10.3. The lowest BCUT2D eigenvalue weighted by Crippen LogP contribution is -1.92. The van der Waals surface area contributed by atoms with E-state index in [4.69, 9.17) is 10.4 Å². The van der Waals surface area contributed by atoms with Crippen molar-refractivity contribution in [3.05, 3.63) is 23.4 Å². The standard InChI is InChI=1S/C10H12N2OS/c1-8-3-4-9(7-11)10(12-8)14-6-2-5-13/h3-4,13H,2,5-6H2,1H3. The van der Waals surface area contributed by atoms with E-state index in [1.165, 1.54) is 11.8 Å². The fourth-order valence-electron chi connectivity index (χ4n) is 0.961. The Hall–Kier alpha value is -1.05. The molecule has 4 heteroatoms. The number of pyridine rings is 1. The molecule has 0 amide bonds. The average Bonchev–Trinajstić information content (AvgIpc) is 2.19. The highest BCUT2D eigenvalue weighted by Gasteiger charge is 2.03. The normalized spacial score (nSPS) is 9.79. The zero-order chi connectivity index (χ0) is 10.4. The Morgan fingerprint density at radius 1 is 1.57 bits per heavy atom. The van der Waals surface area contributed by atoms with E-state index < -0.39 is 0 Å². The van der Waals surface area contributed by atoms with Crippen LogP contribution in [0.2, 0.25) is 0 Å². The van der Waals surface area contributed by atoms with E-state index in [-0.39, 0.29) is 6.61 Å². The van der Waals surface area contributed by atoms with Crippen molar-refractivity contribution in [1.82, 2.24) is 4.98 Å². The summed E-state index contributed by atoms with van der Waals surface area (Å²) in [7, 11) is 0. The van der Waals surface area contributed by atoms with E-state index in [1.54, 1.807) is 6.07 Å². The highest BCUT2D eigenvalue weighted by Crippen LogP contribution is 2.20. The molecule has 1 heterocycles. The first-order valence-electron chi connectivity index (χ1n) is 4.39. The molecule has 0 fully saturated rings. The van der Waals surface area contributed by atoms with Crippen molar-refractivity contribution < 1.29 is 5.11 Å². The van der Waals surface area contributed by atoms with E-state index >= 15 is 0 Å². The SMILES string of the molecule is Cc1ccc(C#N)c(SCCCO)n1. The van der Waals surface area contributed by atoms with Gasteiger partial charge in [-0.3, -0.25) is 0 Å². The maximum atomic E-state index is 8.81. The minimum Gasteiger partial charge on any atom is -0.396 e. The van der Waals surface area contributed by atoms with Crippen LogP contribution in [-0.2, 0) is 0 Å². The summed E-state index contributed by atoms with van der Waals surface area (Å²) in [6.45, 7) is 2.08. The zero-order valence-corrected chi connectivity index (χ0v) is 8.84. The van der Waals surface area contributed by atoms with Gasteiger partial charge in [-0.1, -0.05) is 0 Å². The molecule has 0 aliphatic carbocycles. The second-order valence-corrected chi connectivity index (χ2v) is 3.93. The van der Waals surface area contributed by atoms with Gasteiger partial charge in [0.25, 0.3) is 0 Å². The molecule has 1 N–H and O–H groups in total. The molecule has 3 nitrogen and oxygen atoms in total. The zero-order valence-electron chi connectivity index (χ0n) is 8.03. The molecule has 0 aliphatic rings. The molecular formula is C10H12N2OS. The summed E-state index contributed by atoms with van der Waals surface area (Å²) in [5.41, 5.74) is 1.52. The van der Waals surface area contributed by atoms with Crippen molar-refractivity contribution in [2.24, 2.45) is 0 Å². The Bertz CT molecular complexity index is 346. The monoisotopic (exact) mass is 208 g/mol. The number of rotatable bonds is 4. The topological polar surface area (TPSA) is 56.9 Å². The number of nitrogens with zero attached hydrogens (tertiary/aromatic N) is 2. The summed E-state index contributed by atoms with van der Waals surface area (Å²) in [6.07, 6.45) is 0.727. The first-order chi connectivity index (χ1) is 6.77. The van der Waals surface area contributed by atoms with Gasteiger partial charge in [-0.25, -0.2) is 4.98 Å². The predicted molar refractivity (Wildman–Crippen MR) is 56.1 cm³/mol. The van der Waals surface area contributed by atoms with E-state index in [1.807, 2.05) is 13.0 Å². The highest BCUT2D eigenvalue weighted by atomic mass is 32.2. The van der Waals surface area contributed by atoms with Gasteiger partial charge in [0, 0.05) is 18.1 Å². The molecule has 1 rings (SSSR count). The van der Waals surface area contributed by atoms with Crippen LogP contribution >= 0.6 is 11.8 Å². The molecule has 0 unspecified atom stereocenters. The van der Waals surface area contributed by atoms with Crippen molar-refractivity contribution >= 4 is 11.8 Å². The van der Waals surface area contributed by atoms with Crippen LogP contribution in [0.25, 0.3) is 0 Å². The average molecular weight is 208 g/mol. The van der Waals surface area contributed by atoms with Crippen molar-refractivity contribution in [3.8, 4) is 6.07 Å². The number of aryl methyl sites for hydroxylation is 1. The highest BCUT2D eigenvalue weighted by molar-refractivity contribution is 7.99. The Kier molecular flexibility index (Phi) is 4.44. The quantitative estimate of drug-likeness (QED) is 0.605. The number of nitriles is 1. The fraction of sp³-hybridized carbons (Fsp3) is 0.400. The summed E-state index contributed by atoms with van der Waals surface area (Å²) in [5.74, 6) is 0.793. The Morgan fingerprint density at radius 2 is 2.36 bits per heavy atom. The number of hydrogen-bond donors (Lipinski definition) is 1. The molecule has 1 aromatic rings. The van der Waals surface area contributed by atoms with E-state index in [2.05, 4.69) is 11.1 Å². The number of aliphatic hydroxyl groups is 1. The lowest BCUT2D eigenvalue weighted by Gasteiger charge is -2.02. The smallest absolute Gasteiger partial charge is 0.114 e. The number of aromatic nitrogens is 1. The largest absolute Gasteiger partial charge is 0.396 e. The van der Waals surface area contributed by atoms with Crippen LogP contribution in [0.4, 0.5) is 0 Å². The molecule has 0 atom stereocenters. The van der Waals surface area contributed by atoms with Crippen molar-refractivity contribution in [2.75, 3.05) is 12.4 Å². The summed E-state index contributed by atoms with van der Waals surface area (Å²) >= 11 is 1.52. The van der Waals surface area contributed by atoms with Gasteiger partial charge < -0.3 is 5.11 Å². The van der Waals surface area contributed by atoms with Crippen LogP contribution in [0.1, 0.15) is 17.7 Å². The maximum Gasteiger partial charge on any atom is 0.114 e. The minimum atomic E-state index is 0.181. The molecule has 1 aromatic heterocycles. The molecule has 0 radical (unpaired) electrons. The molecule has 0 aromatic carbocycles. The van der Waals surface area contributed by atoms with Crippen molar-refractivity contribution in [2.45, 2.75) is 18.4 Å². The third-order valence-electron chi connectivity index (χ3n) is 1.66. The second kappa shape index (κ2) is 5.63. The molecule has 0 saturated carbocycles. The van der Waals surface area contributed by atoms with Crippen molar-refractivity contribution in [3.63, 3.8) is 0 Å². The van der Waals surface area contributed by atoms with Crippen molar-refractivity contribution in [1.29, 1.82) is 5.26 Å². The Balaban J connectivity index is 2.73. The van der Waals surface area contributed by atoms with E-state index in [0.717, 1.165) is 22.9 Å².